The van der Waals surface area contributed by atoms with Gasteiger partial charge in [-0.15, -0.1) is 11.3 Å². The first-order valence-corrected chi connectivity index (χ1v) is 11.7. The molecule has 0 spiro atoms. The van der Waals surface area contributed by atoms with Crippen LogP contribution in [0.5, 0.6) is 0 Å². The molecule has 3 aromatic heterocycles. The molecule has 1 aliphatic rings. The predicted molar refractivity (Wildman–Crippen MR) is 125 cm³/mol. The van der Waals surface area contributed by atoms with E-state index in [0.29, 0.717) is 33.5 Å². The molecule has 0 bridgehead atoms. The van der Waals surface area contributed by atoms with Crippen molar-refractivity contribution in [1.82, 2.24) is 19.9 Å². The van der Waals surface area contributed by atoms with E-state index < -0.39 is 0 Å². The second-order valence-corrected chi connectivity index (χ2v) is 9.31. The molecule has 1 aliphatic heterocycles. The van der Waals surface area contributed by atoms with E-state index in [1.54, 1.807) is 23.6 Å². The van der Waals surface area contributed by atoms with Crippen LogP contribution in [0.25, 0.3) is 11.3 Å². The highest BCUT2D eigenvalue weighted by Crippen LogP contribution is 2.40. The van der Waals surface area contributed by atoms with Crippen LogP contribution in [0, 0.1) is 6.92 Å². The zero-order valence-corrected chi connectivity index (χ0v) is 19.7. The zero-order chi connectivity index (χ0) is 22.2. The Balaban J connectivity index is 1.65. The molecule has 3 aromatic rings. The topological polar surface area (TPSA) is 101 Å². The standard InChI is InChI=1S/C21H24Cl2N6OS/c1-12-18(14-3-6-25-19(23)17(14)22)28-15(9-30)20(27-12)29-7-4-21(5-8-29,13(2)24)16-10-31-11-26-16/h3,6,10-11,13,30H,4-5,7-9,24H2,1-2H3/t13-/m0/s1. The van der Waals surface area contributed by atoms with Gasteiger partial charge in [0.05, 0.1) is 34.2 Å². The smallest absolute Gasteiger partial charge is 0.153 e. The normalized spacial score (nSPS) is 17.0. The minimum absolute atomic E-state index is 0.0113. The number of hydrogen-bond acceptors (Lipinski definition) is 8. The lowest BCUT2D eigenvalue weighted by atomic mass is 9.71. The SMILES string of the molecule is Cc1nc(N2CCC(c3cscn3)([C@H](C)N)CC2)c(CO)nc1-c1ccnc(Cl)c1Cl. The lowest BCUT2D eigenvalue weighted by Gasteiger charge is -2.44. The van der Waals surface area contributed by atoms with Gasteiger partial charge >= 0.3 is 0 Å². The van der Waals surface area contributed by atoms with E-state index in [9.17, 15) is 5.11 Å². The van der Waals surface area contributed by atoms with E-state index in [2.05, 4.69) is 27.2 Å². The van der Waals surface area contributed by atoms with Crippen molar-refractivity contribution in [2.24, 2.45) is 5.73 Å². The van der Waals surface area contributed by atoms with Gasteiger partial charge in [-0.25, -0.2) is 19.9 Å². The second kappa shape index (κ2) is 8.96. The van der Waals surface area contributed by atoms with Crippen LogP contribution >= 0.6 is 34.5 Å². The molecule has 164 valence electrons. The quantitative estimate of drug-likeness (QED) is 0.534. The van der Waals surface area contributed by atoms with Gasteiger partial charge in [0.25, 0.3) is 0 Å². The Kier molecular flexibility index (Phi) is 6.46. The molecule has 0 saturated carbocycles. The van der Waals surface area contributed by atoms with E-state index in [0.717, 1.165) is 31.6 Å². The molecular weight excluding hydrogens is 455 g/mol. The fraction of sp³-hybridized carbons (Fsp3) is 0.429. The van der Waals surface area contributed by atoms with Gasteiger partial charge in [-0.2, -0.15) is 0 Å². The minimum Gasteiger partial charge on any atom is -0.390 e. The average Bonchev–Trinajstić information content (AvgIpc) is 3.31. The first kappa shape index (κ1) is 22.4. The molecule has 4 heterocycles. The molecule has 0 aromatic carbocycles. The van der Waals surface area contributed by atoms with E-state index in [-0.39, 0.29) is 23.2 Å². The third-order valence-corrected chi connectivity index (χ3v) is 7.49. The van der Waals surface area contributed by atoms with E-state index >= 15 is 0 Å². The number of hydrogen-bond donors (Lipinski definition) is 2. The van der Waals surface area contributed by atoms with Crippen LogP contribution in [-0.4, -0.2) is 44.2 Å². The second-order valence-electron chi connectivity index (χ2n) is 7.85. The number of rotatable bonds is 5. The molecule has 1 saturated heterocycles. The first-order valence-electron chi connectivity index (χ1n) is 10.1. The van der Waals surface area contributed by atoms with Crippen molar-refractivity contribution < 1.29 is 5.11 Å². The van der Waals surface area contributed by atoms with Crippen molar-refractivity contribution >= 4 is 40.4 Å². The summed E-state index contributed by atoms with van der Waals surface area (Å²) in [6, 6.07) is 1.74. The minimum atomic E-state index is -0.229. The summed E-state index contributed by atoms with van der Waals surface area (Å²) in [5.74, 6) is 0.691. The predicted octanol–water partition coefficient (Wildman–Crippen LogP) is 3.99. The molecule has 1 atom stereocenters. The Bertz CT molecular complexity index is 1070. The van der Waals surface area contributed by atoms with Gasteiger partial charge in [0.2, 0.25) is 0 Å². The number of thiazole rings is 1. The molecule has 31 heavy (non-hydrogen) atoms. The fourth-order valence-electron chi connectivity index (χ4n) is 4.28. The molecule has 0 unspecified atom stereocenters. The van der Waals surface area contributed by atoms with E-state index in [1.807, 2.05) is 12.4 Å². The van der Waals surface area contributed by atoms with Crippen LogP contribution in [-0.2, 0) is 12.0 Å². The Morgan fingerprint density at radius 1 is 1.26 bits per heavy atom. The first-order chi connectivity index (χ1) is 14.9. The number of anilines is 1. The van der Waals surface area contributed by atoms with E-state index in [4.69, 9.17) is 38.9 Å². The van der Waals surface area contributed by atoms with Gasteiger partial charge in [-0.1, -0.05) is 23.2 Å². The molecule has 10 heteroatoms. The number of nitrogens with zero attached hydrogens (tertiary/aromatic N) is 5. The van der Waals surface area contributed by atoms with Gasteiger partial charge in [-0.3, -0.25) is 0 Å². The van der Waals surface area contributed by atoms with E-state index in [1.165, 1.54) is 0 Å². The number of nitrogens with two attached hydrogens (primary N) is 1. The van der Waals surface area contributed by atoms with Gasteiger partial charge in [0, 0.05) is 41.7 Å². The van der Waals surface area contributed by atoms with Crippen LogP contribution in [0.1, 0.15) is 36.8 Å². The Hall–Kier alpha value is -1.84. The maximum Gasteiger partial charge on any atom is 0.153 e. The van der Waals surface area contributed by atoms with Crippen molar-refractivity contribution in [3.05, 3.63) is 50.4 Å². The maximum atomic E-state index is 10.0. The zero-order valence-electron chi connectivity index (χ0n) is 17.3. The Morgan fingerprint density at radius 3 is 2.61 bits per heavy atom. The summed E-state index contributed by atoms with van der Waals surface area (Å²) in [5.41, 5.74) is 11.6. The number of aromatic nitrogens is 4. The summed E-state index contributed by atoms with van der Waals surface area (Å²) in [4.78, 5) is 20.2. The molecule has 7 nitrogen and oxygen atoms in total. The Morgan fingerprint density at radius 2 is 2.00 bits per heavy atom. The molecule has 0 aliphatic carbocycles. The van der Waals surface area contributed by atoms with Gasteiger partial charge in [-0.05, 0) is 32.8 Å². The summed E-state index contributed by atoms with van der Waals surface area (Å²) >= 11 is 14.0. The van der Waals surface area contributed by atoms with Crippen LogP contribution in [0.3, 0.4) is 0 Å². The highest BCUT2D eigenvalue weighted by molar-refractivity contribution is 7.07. The highest BCUT2D eigenvalue weighted by Gasteiger charge is 2.41. The fourth-order valence-corrected chi connectivity index (χ4v) is 5.30. The van der Waals surface area contributed by atoms with Gasteiger partial charge in [0.15, 0.2) is 5.82 Å². The number of piperidine rings is 1. The molecule has 1 fully saturated rings. The lowest BCUT2D eigenvalue weighted by molar-refractivity contribution is 0.268. The third kappa shape index (κ3) is 4.03. The van der Waals surface area contributed by atoms with Crippen molar-refractivity contribution in [1.29, 1.82) is 0 Å². The average molecular weight is 479 g/mol. The monoisotopic (exact) mass is 478 g/mol. The lowest BCUT2D eigenvalue weighted by Crippen LogP contribution is -2.52. The number of halogens is 2. The molecule has 3 N–H and O–H groups in total. The van der Waals surface area contributed by atoms with Crippen LogP contribution in [0.15, 0.2) is 23.2 Å². The Labute approximate surface area is 195 Å². The van der Waals surface area contributed by atoms with Crippen LogP contribution < -0.4 is 10.6 Å². The third-order valence-electron chi connectivity index (χ3n) is 6.14. The summed E-state index contributed by atoms with van der Waals surface area (Å²) in [6.45, 7) is 5.20. The largest absolute Gasteiger partial charge is 0.390 e. The van der Waals surface area contributed by atoms with Crippen molar-refractivity contribution in [2.75, 3.05) is 18.0 Å². The van der Waals surface area contributed by atoms with Gasteiger partial charge in [0.1, 0.15) is 10.8 Å². The number of pyridine rings is 1. The molecule has 0 amide bonds. The maximum absolute atomic E-state index is 10.0. The van der Waals surface area contributed by atoms with Gasteiger partial charge < -0.3 is 15.7 Å². The summed E-state index contributed by atoms with van der Waals surface area (Å²) in [5, 5.41) is 12.7. The molecular formula is C21H24Cl2N6OS. The summed E-state index contributed by atoms with van der Waals surface area (Å²) in [6.07, 6.45) is 3.29. The summed E-state index contributed by atoms with van der Waals surface area (Å²) < 4.78 is 0. The highest BCUT2D eigenvalue weighted by atomic mass is 35.5. The van der Waals surface area contributed by atoms with Crippen LogP contribution in [0.2, 0.25) is 10.2 Å². The molecule has 0 radical (unpaired) electrons. The number of aliphatic hydroxyl groups is 1. The van der Waals surface area contributed by atoms with Crippen molar-refractivity contribution in [3.63, 3.8) is 0 Å². The van der Waals surface area contributed by atoms with Crippen molar-refractivity contribution in [2.45, 2.75) is 44.8 Å². The van der Waals surface area contributed by atoms with Crippen molar-refractivity contribution in [3.8, 4) is 11.3 Å². The number of aliphatic hydroxyl groups excluding tert-OH is 1. The number of aryl methyl sites for hydroxylation is 1. The molecule has 4 rings (SSSR count). The summed E-state index contributed by atoms with van der Waals surface area (Å²) in [7, 11) is 0. The van der Waals surface area contributed by atoms with Crippen LogP contribution in [0.4, 0.5) is 5.82 Å².